The van der Waals surface area contributed by atoms with Crippen molar-refractivity contribution in [1.29, 1.82) is 10.8 Å². The number of guanidine groups is 4. The maximum atomic E-state index is 12.1. The summed E-state index contributed by atoms with van der Waals surface area (Å²) in [5.74, 6) is -2.32. The molecule has 2 saturated carbocycles. The number of aliphatic imine (C=N–C) groups is 2. The first-order chi connectivity index (χ1) is 43.4. The minimum absolute atomic E-state index is 0.138. The van der Waals surface area contributed by atoms with E-state index < -0.39 is 251 Å². The second kappa shape index (κ2) is 35.7. The van der Waals surface area contributed by atoms with Crippen molar-refractivity contribution in [3.63, 3.8) is 0 Å². The molecular weight excluding hydrogens is 1370 g/mol. The Bertz CT molecular complexity index is 2660. The van der Waals surface area contributed by atoms with Crippen LogP contribution in [0.3, 0.4) is 0 Å². The van der Waals surface area contributed by atoms with Gasteiger partial charge < -0.3 is 165 Å². The van der Waals surface area contributed by atoms with Crippen LogP contribution in [-0.4, -0.2) is 370 Å². The van der Waals surface area contributed by atoms with Crippen LogP contribution in [0.25, 0.3) is 0 Å². The van der Waals surface area contributed by atoms with Crippen molar-refractivity contribution >= 4 is 67.6 Å². The molecule has 6 rings (SSSR count). The third-order valence-electron chi connectivity index (χ3n) is 14.8. The van der Waals surface area contributed by atoms with Gasteiger partial charge in [0.25, 0.3) is 0 Å². The summed E-state index contributed by atoms with van der Waals surface area (Å²) in [5.41, 5.74) is 27.6. The van der Waals surface area contributed by atoms with E-state index in [1.165, 1.54) is 27.9 Å². The summed E-state index contributed by atoms with van der Waals surface area (Å²) in [6.45, 7) is 1.23. The van der Waals surface area contributed by atoms with Gasteiger partial charge in [0.15, 0.2) is 72.8 Å². The van der Waals surface area contributed by atoms with E-state index in [0.717, 1.165) is 0 Å². The smallest absolute Gasteiger partial charge is 0.394 e. The van der Waals surface area contributed by atoms with E-state index in [0.29, 0.717) is 0 Å². The van der Waals surface area contributed by atoms with Crippen molar-refractivity contribution in [3.8, 4) is 0 Å². The topological polar surface area (TPSA) is 892 Å². The Morgan fingerprint density at radius 2 is 0.737 bits per heavy atom. The molecule has 30 atom stereocenters. The van der Waals surface area contributed by atoms with Crippen LogP contribution >= 0.6 is 0 Å². The average molecular weight is 1460 g/mol. The van der Waals surface area contributed by atoms with Gasteiger partial charge in [-0.2, -0.15) is 25.3 Å². The number of nitrogens with one attached hydrogen (secondary N) is 6. The summed E-state index contributed by atoms with van der Waals surface area (Å²) in [5, 5.41) is 173. The van der Waals surface area contributed by atoms with Crippen LogP contribution in [0.1, 0.15) is 13.8 Å². The van der Waals surface area contributed by atoms with Crippen LogP contribution in [0.2, 0.25) is 0 Å². The molecule has 0 amide bonds. The van der Waals surface area contributed by atoms with Gasteiger partial charge in [0.1, 0.15) is 110 Å². The zero-order valence-electron chi connectivity index (χ0n) is 49.8. The van der Waals surface area contributed by atoms with E-state index in [1.807, 2.05) is 0 Å². The van der Waals surface area contributed by atoms with Crippen LogP contribution in [0.5, 0.6) is 0 Å². The predicted molar refractivity (Wildman–Crippen MR) is 307 cm³/mol. The molecule has 6 fully saturated rings. The highest BCUT2D eigenvalue weighted by atomic mass is 32.3. The molecule has 6 aliphatic rings. The van der Waals surface area contributed by atoms with Gasteiger partial charge in [-0.25, -0.2) is 9.98 Å². The number of aliphatic hydroxyl groups excluding tert-OH is 12. The number of nitrogens with zero attached hydrogens (tertiary/aromatic N) is 2. The number of carbonyl (C=O) groups is 2. The lowest BCUT2D eigenvalue weighted by atomic mass is 9.81. The highest BCUT2D eigenvalue weighted by Crippen LogP contribution is 2.40. The number of aliphatic hydroxyl groups is 14. The normalized spacial score (nSPS) is 41.8. The largest absolute Gasteiger partial charge is 0.394 e. The second-order valence-electron chi connectivity index (χ2n) is 21.2. The molecule has 0 bridgehead atoms. The fourth-order valence-electron chi connectivity index (χ4n) is 10.3. The zero-order chi connectivity index (χ0) is 73.7. The first-order valence-corrected chi connectivity index (χ1v) is 31.1. The van der Waals surface area contributed by atoms with Gasteiger partial charge in [-0.05, 0) is 27.9 Å². The van der Waals surface area contributed by atoms with Gasteiger partial charge in [-0.15, -0.1) is 0 Å². The summed E-state index contributed by atoms with van der Waals surface area (Å²) in [6, 6.07) is -8.03. The van der Waals surface area contributed by atoms with Gasteiger partial charge in [0.2, 0.25) is 0 Å². The Hall–Kier alpha value is -4.93. The van der Waals surface area contributed by atoms with Gasteiger partial charge in [-0.1, -0.05) is 0 Å². The van der Waals surface area contributed by atoms with Gasteiger partial charge >= 0.3 is 31.2 Å². The van der Waals surface area contributed by atoms with Crippen LogP contribution in [0.15, 0.2) is 9.98 Å². The number of nitrogens with two attached hydrogens (primary N) is 6. The Morgan fingerprint density at radius 3 is 0.958 bits per heavy atom. The van der Waals surface area contributed by atoms with Crippen LogP contribution < -0.4 is 55.7 Å². The van der Waals surface area contributed by atoms with Gasteiger partial charge in [0.05, 0.1) is 49.6 Å². The number of likely N-dealkylation sites (N-methyl/N-ethyl adjacent to an activating group) is 2. The molecule has 0 aromatic rings. The maximum absolute atomic E-state index is 12.1. The van der Waals surface area contributed by atoms with E-state index >= 15 is 0 Å². The molecule has 95 heavy (non-hydrogen) atoms. The highest BCUT2D eigenvalue weighted by Gasteiger charge is 2.63. The van der Waals surface area contributed by atoms with E-state index in [9.17, 15) is 81.1 Å². The molecule has 0 radical (unpaired) electrons. The summed E-state index contributed by atoms with van der Waals surface area (Å²) < 4.78 is 141. The minimum atomic E-state index is -4.67. The molecular formula is C42H84N14O36S3. The van der Waals surface area contributed by atoms with Crippen molar-refractivity contribution in [1.82, 2.24) is 21.3 Å². The molecule has 0 unspecified atom stereocenters. The Morgan fingerprint density at radius 1 is 0.463 bits per heavy atom. The Kier molecular flexibility index (Phi) is 32.4. The van der Waals surface area contributed by atoms with E-state index in [2.05, 4.69) is 31.3 Å². The van der Waals surface area contributed by atoms with E-state index in [-0.39, 0.29) is 12.6 Å². The zero-order valence-corrected chi connectivity index (χ0v) is 52.2. The molecule has 0 aromatic carbocycles. The minimum Gasteiger partial charge on any atom is -0.394 e. The van der Waals surface area contributed by atoms with Crippen molar-refractivity contribution in [2.24, 2.45) is 44.4 Å². The quantitative estimate of drug-likeness (QED) is 0.0262. The highest BCUT2D eigenvalue weighted by molar-refractivity contribution is 7.80. The molecule has 0 aromatic heterocycles. The molecule has 4 heterocycles. The number of hydrogen-bond acceptors (Lipinski definition) is 36. The monoisotopic (exact) mass is 1460 g/mol. The third-order valence-corrected chi connectivity index (χ3v) is 14.8. The van der Waals surface area contributed by atoms with Crippen LogP contribution in [0.4, 0.5) is 0 Å². The first-order valence-electron chi connectivity index (χ1n) is 26.9. The van der Waals surface area contributed by atoms with Crippen LogP contribution in [0, 0.1) is 10.8 Å². The van der Waals surface area contributed by atoms with Gasteiger partial charge in [0, 0.05) is 0 Å². The number of rotatable bonds is 18. The van der Waals surface area contributed by atoms with E-state index in [1.54, 1.807) is 0 Å². The standard InChI is InChI=1S/2C21H39N7O12.3H2O4S/c2*1-5-21(36,4-30)16(40-17-9(26-2)13(34)10(31)6(3-29)38-17)18(37-5)39-15-8(28-20(24)25)11(32)7(27-19(22)23)12(33)14(15)35;3*1-5(2,3)4/h2*4-18,26,29,31-36H,3H2,1-2H3,(H4,22,23,27)(H4,24,25,28);3*(H2,1,2,3,4)/t5-,6-,7+,8-,9-,10-,11+,12-,13-,14+,15+,16-,17-,18-,21+;5-,6-,7+,8-,9-,10-,11-,12-,13-,14+,15+,16-,17-,18-,21+;;;/m00.../s1. The molecule has 38 N–H and O–H groups in total. The van der Waals surface area contributed by atoms with Crippen molar-refractivity contribution in [2.75, 3.05) is 27.3 Å². The fraction of sp³-hybridized carbons (Fsp3) is 0.857. The molecule has 2 aliphatic carbocycles. The van der Waals surface area contributed by atoms with Gasteiger partial charge in [-0.3, -0.25) is 47.7 Å². The lowest BCUT2D eigenvalue weighted by molar-refractivity contribution is -0.314. The SMILES string of the molecule is CN[C@@H]1[C@H](O[C@H]2[C@H](O[C@H]3[C@H](O)[C@@H](O)[C@H](N=C(N)N)[C@@H](O)[C@@H]3NC(=N)N)O[C@@H](C)[C@]2(O)C=O)O[C@@H](CO)[C@H](O)[C@H]1O.CN[C@@H]1[C@H](O[C@H]2[C@H](O[C@H]3[C@H](O)[C@@H](O)[C@H](N=C(N)N)[C@H](O)[C@@H]3NC(=N)N)O[C@@H](C)[C@]2(O)C=O)O[C@@H](CO)[C@H](O)[C@H]1O.O=S(=O)(O)O.O=S(=O)(O)O.O=S(=O)(O)O. The predicted octanol–water partition coefficient (Wildman–Crippen LogP) is -17.9. The third kappa shape index (κ3) is 23.6. The average Bonchev–Trinajstić information content (AvgIpc) is 1.68. The summed E-state index contributed by atoms with van der Waals surface area (Å²) in [6.07, 6.45) is -34.6. The lowest BCUT2D eigenvalue weighted by Gasteiger charge is -2.46. The summed E-state index contributed by atoms with van der Waals surface area (Å²) >= 11 is 0. The molecule has 50 nitrogen and oxygen atoms in total. The molecule has 556 valence electrons. The Labute approximate surface area is 537 Å². The molecule has 4 saturated heterocycles. The second-order valence-corrected chi connectivity index (χ2v) is 23.9. The number of hydrogen-bond donors (Lipinski definition) is 32. The van der Waals surface area contributed by atoms with Crippen LogP contribution in [-0.2, 0) is 78.7 Å². The number of ether oxygens (including phenoxy) is 8. The first kappa shape index (κ1) is 86.2. The summed E-state index contributed by atoms with van der Waals surface area (Å²) in [4.78, 5) is 31.6. The maximum Gasteiger partial charge on any atom is 0.394 e. The number of carbonyl (C=O) groups excluding carboxylic acids is 2. The molecule has 53 heteroatoms. The van der Waals surface area contributed by atoms with Crippen molar-refractivity contribution in [3.05, 3.63) is 0 Å². The Balaban J connectivity index is 0.000000531. The van der Waals surface area contributed by atoms with Crippen molar-refractivity contribution < 1.29 is 172 Å². The van der Waals surface area contributed by atoms with E-state index in [4.69, 9.17) is 136 Å². The fourth-order valence-corrected chi connectivity index (χ4v) is 10.3. The van der Waals surface area contributed by atoms with Crippen molar-refractivity contribution in [2.45, 2.75) is 196 Å². The lowest BCUT2D eigenvalue weighted by Crippen LogP contribution is -2.70. The number of aldehydes is 2. The molecule has 4 aliphatic heterocycles. The molecule has 0 spiro atoms. The summed E-state index contributed by atoms with van der Waals surface area (Å²) in [7, 11) is -11.2.